The Kier molecular flexibility index (Phi) is 3.19. The molecule has 0 unspecified atom stereocenters. The van der Waals surface area contributed by atoms with Crippen LogP contribution in [-0.2, 0) is 6.54 Å². The summed E-state index contributed by atoms with van der Waals surface area (Å²) >= 11 is 0. The van der Waals surface area contributed by atoms with Gasteiger partial charge < -0.3 is 4.74 Å². The van der Waals surface area contributed by atoms with Crippen molar-refractivity contribution in [2.24, 2.45) is 0 Å². The normalized spacial score (nSPS) is 10.3. The van der Waals surface area contributed by atoms with Gasteiger partial charge in [-0.05, 0) is 6.92 Å². The number of ether oxygens (including phenoxy) is 1. The minimum absolute atomic E-state index is 0.165. The molecule has 7 heteroatoms. The molecule has 0 aliphatic carbocycles. The fraction of sp³-hybridized carbons (Fsp3) is 0.364. The molecule has 0 bridgehead atoms. The second kappa shape index (κ2) is 4.79. The molecule has 0 amide bonds. The van der Waals surface area contributed by atoms with Gasteiger partial charge in [-0.25, -0.2) is 9.97 Å². The quantitative estimate of drug-likeness (QED) is 0.777. The fourth-order valence-electron chi connectivity index (χ4n) is 1.62. The van der Waals surface area contributed by atoms with E-state index < -0.39 is 0 Å². The van der Waals surface area contributed by atoms with E-state index in [4.69, 9.17) is 10.00 Å². The summed E-state index contributed by atoms with van der Waals surface area (Å²) in [5.74, 6) is 0. The van der Waals surface area contributed by atoms with Gasteiger partial charge in [0, 0.05) is 6.54 Å². The lowest BCUT2D eigenvalue weighted by molar-refractivity contribution is 0.380. The molecule has 0 fully saturated rings. The summed E-state index contributed by atoms with van der Waals surface area (Å²) in [6.07, 6.45) is 1.72. The first-order valence-corrected chi connectivity index (χ1v) is 5.32. The summed E-state index contributed by atoms with van der Waals surface area (Å²) < 4.78 is 6.34. The van der Waals surface area contributed by atoms with Gasteiger partial charge in [0.15, 0.2) is 5.65 Å². The smallest absolute Gasteiger partial charge is 0.318 e. The van der Waals surface area contributed by atoms with Crippen molar-refractivity contribution in [2.45, 2.75) is 19.9 Å². The Morgan fingerprint density at radius 2 is 2.28 bits per heavy atom. The molecule has 2 heterocycles. The third kappa shape index (κ3) is 2.00. The molecule has 2 aromatic heterocycles. The SMILES string of the molecule is COc1ncc2nc(C)c(=O)n(CCC#N)c2n1. The van der Waals surface area contributed by atoms with Gasteiger partial charge in [-0.1, -0.05) is 0 Å². The molecule has 2 rings (SSSR count). The molecule has 0 saturated heterocycles. The topological polar surface area (TPSA) is 93.7 Å². The number of nitriles is 1. The standard InChI is InChI=1S/C11H11N5O2/c1-7-10(17)16(5-3-4-12)9-8(14-7)6-13-11(15-9)18-2/h6H,3,5H2,1-2H3. The number of aromatic nitrogens is 4. The van der Waals surface area contributed by atoms with Gasteiger partial charge in [0.1, 0.15) is 11.2 Å². The van der Waals surface area contributed by atoms with Crippen LogP contribution in [0.2, 0.25) is 0 Å². The van der Waals surface area contributed by atoms with Crippen molar-refractivity contribution in [1.29, 1.82) is 5.26 Å². The van der Waals surface area contributed by atoms with E-state index in [1.807, 2.05) is 6.07 Å². The lowest BCUT2D eigenvalue weighted by Gasteiger charge is -2.08. The molecule has 0 saturated carbocycles. The lowest BCUT2D eigenvalue weighted by Crippen LogP contribution is -2.25. The van der Waals surface area contributed by atoms with Gasteiger partial charge in [-0.2, -0.15) is 10.2 Å². The zero-order valence-electron chi connectivity index (χ0n) is 10.0. The summed E-state index contributed by atoms with van der Waals surface area (Å²) in [5.41, 5.74) is 0.992. The number of fused-ring (bicyclic) bond motifs is 1. The Balaban J connectivity index is 2.73. The van der Waals surface area contributed by atoms with E-state index in [1.54, 1.807) is 6.92 Å². The number of hydrogen-bond acceptors (Lipinski definition) is 6. The van der Waals surface area contributed by atoms with Crippen LogP contribution in [0.25, 0.3) is 11.2 Å². The molecule has 0 radical (unpaired) electrons. The van der Waals surface area contributed by atoms with Crippen molar-refractivity contribution >= 4 is 11.2 Å². The van der Waals surface area contributed by atoms with Crippen LogP contribution in [0, 0.1) is 18.3 Å². The highest BCUT2D eigenvalue weighted by molar-refractivity contribution is 5.69. The van der Waals surface area contributed by atoms with E-state index in [2.05, 4.69) is 15.0 Å². The van der Waals surface area contributed by atoms with Gasteiger partial charge >= 0.3 is 6.01 Å². The van der Waals surface area contributed by atoms with Crippen molar-refractivity contribution < 1.29 is 4.74 Å². The first-order valence-electron chi connectivity index (χ1n) is 5.32. The molecule has 2 aromatic rings. The third-order valence-corrected chi connectivity index (χ3v) is 2.46. The van der Waals surface area contributed by atoms with E-state index in [9.17, 15) is 4.79 Å². The lowest BCUT2D eigenvalue weighted by atomic mass is 10.4. The Bertz CT molecular complexity index is 686. The predicted molar refractivity (Wildman–Crippen MR) is 63.1 cm³/mol. The molecule has 0 atom stereocenters. The van der Waals surface area contributed by atoms with Gasteiger partial charge in [-0.15, -0.1) is 0 Å². The van der Waals surface area contributed by atoms with Crippen LogP contribution in [-0.4, -0.2) is 26.6 Å². The molecular weight excluding hydrogens is 234 g/mol. The molecule has 18 heavy (non-hydrogen) atoms. The number of hydrogen-bond donors (Lipinski definition) is 0. The van der Waals surface area contributed by atoms with E-state index >= 15 is 0 Å². The van der Waals surface area contributed by atoms with E-state index in [0.29, 0.717) is 16.9 Å². The summed E-state index contributed by atoms with van der Waals surface area (Å²) in [6, 6.07) is 2.17. The van der Waals surface area contributed by atoms with E-state index in [0.717, 1.165) is 0 Å². The first-order chi connectivity index (χ1) is 8.67. The van der Waals surface area contributed by atoms with Crippen LogP contribution < -0.4 is 10.3 Å². The maximum atomic E-state index is 12.0. The zero-order chi connectivity index (χ0) is 13.1. The molecule has 0 aliphatic rings. The Labute approximate surface area is 103 Å². The van der Waals surface area contributed by atoms with Crippen LogP contribution in [0.15, 0.2) is 11.0 Å². The summed E-state index contributed by atoms with van der Waals surface area (Å²) in [4.78, 5) is 24.1. The summed E-state index contributed by atoms with van der Waals surface area (Å²) in [6.45, 7) is 1.89. The largest absolute Gasteiger partial charge is 0.467 e. The molecular formula is C11H11N5O2. The average molecular weight is 245 g/mol. The monoisotopic (exact) mass is 245 g/mol. The van der Waals surface area contributed by atoms with Gasteiger partial charge in [0.2, 0.25) is 0 Å². The van der Waals surface area contributed by atoms with Crippen LogP contribution in [0.1, 0.15) is 12.1 Å². The van der Waals surface area contributed by atoms with Crippen molar-refractivity contribution in [1.82, 2.24) is 19.5 Å². The highest BCUT2D eigenvalue weighted by Crippen LogP contribution is 2.10. The molecule has 0 aliphatic heterocycles. The van der Waals surface area contributed by atoms with E-state index in [1.165, 1.54) is 17.9 Å². The molecule has 0 N–H and O–H groups in total. The van der Waals surface area contributed by atoms with Crippen molar-refractivity contribution in [3.05, 3.63) is 22.2 Å². The molecule has 7 nitrogen and oxygen atoms in total. The Morgan fingerprint density at radius 1 is 1.50 bits per heavy atom. The average Bonchev–Trinajstić information content (AvgIpc) is 2.39. The van der Waals surface area contributed by atoms with Crippen molar-refractivity contribution in [2.75, 3.05) is 7.11 Å². The summed E-state index contributed by atoms with van der Waals surface area (Å²) in [7, 11) is 1.44. The maximum absolute atomic E-state index is 12.0. The van der Waals surface area contributed by atoms with Crippen LogP contribution in [0.5, 0.6) is 6.01 Å². The number of nitrogens with zero attached hydrogens (tertiary/aromatic N) is 5. The fourth-order valence-corrected chi connectivity index (χ4v) is 1.62. The second-order valence-corrected chi connectivity index (χ2v) is 3.63. The minimum atomic E-state index is -0.251. The first kappa shape index (κ1) is 12.0. The Morgan fingerprint density at radius 3 is 2.94 bits per heavy atom. The molecule has 92 valence electrons. The molecule has 0 aromatic carbocycles. The van der Waals surface area contributed by atoms with Crippen molar-refractivity contribution in [3.63, 3.8) is 0 Å². The Hall–Kier alpha value is -2.49. The zero-order valence-corrected chi connectivity index (χ0v) is 10.0. The highest BCUT2D eigenvalue weighted by Gasteiger charge is 2.10. The number of methoxy groups -OCH3 is 1. The van der Waals surface area contributed by atoms with Crippen LogP contribution in [0.3, 0.4) is 0 Å². The van der Waals surface area contributed by atoms with Crippen LogP contribution >= 0.6 is 0 Å². The molecule has 0 spiro atoms. The number of rotatable bonds is 3. The third-order valence-electron chi connectivity index (χ3n) is 2.46. The van der Waals surface area contributed by atoms with E-state index in [-0.39, 0.29) is 24.5 Å². The van der Waals surface area contributed by atoms with Gasteiger partial charge in [0.25, 0.3) is 5.56 Å². The number of aryl methyl sites for hydroxylation is 2. The highest BCUT2D eigenvalue weighted by atomic mass is 16.5. The van der Waals surface area contributed by atoms with Crippen molar-refractivity contribution in [3.8, 4) is 12.1 Å². The second-order valence-electron chi connectivity index (χ2n) is 3.63. The summed E-state index contributed by atoms with van der Waals surface area (Å²) in [5, 5.41) is 8.62. The van der Waals surface area contributed by atoms with Crippen LogP contribution in [0.4, 0.5) is 0 Å². The minimum Gasteiger partial charge on any atom is -0.467 e. The van der Waals surface area contributed by atoms with Gasteiger partial charge in [0.05, 0.1) is 25.8 Å². The predicted octanol–water partition coefficient (Wildman–Crippen LogP) is 0.417. The maximum Gasteiger partial charge on any atom is 0.318 e. The van der Waals surface area contributed by atoms with Gasteiger partial charge in [-0.3, -0.25) is 9.36 Å².